The summed E-state index contributed by atoms with van der Waals surface area (Å²) < 4.78 is 17.2. The largest absolute Gasteiger partial charge is 0.492 e. The Morgan fingerprint density at radius 1 is 1.22 bits per heavy atom. The van der Waals surface area contributed by atoms with E-state index in [1.54, 1.807) is 0 Å². The zero-order valence-electron chi connectivity index (χ0n) is 15.8. The van der Waals surface area contributed by atoms with Crippen LogP contribution in [0.15, 0.2) is 18.7 Å². The summed E-state index contributed by atoms with van der Waals surface area (Å²) >= 11 is 0. The summed E-state index contributed by atoms with van der Waals surface area (Å²) in [6, 6.07) is 3.79. The van der Waals surface area contributed by atoms with Gasteiger partial charge in [-0.05, 0) is 50.2 Å². The molecule has 1 aromatic heterocycles. The number of hydrogen-bond acceptors (Lipinski definition) is 5. The number of rotatable bonds is 3. The second-order valence-electron chi connectivity index (χ2n) is 8.45. The van der Waals surface area contributed by atoms with Crippen molar-refractivity contribution in [2.75, 3.05) is 25.1 Å². The molecule has 1 aromatic rings. The Bertz CT molecular complexity index is 794. The fourth-order valence-corrected chi connectivity index (χ4v) is 5.53. The Kier molecular flexibility index (Phi) is 3.69. The van der Waals surface area contributed by atoms with Crippen LogP contribution in [-0.2, 0) is 24.4 Å². The van der Waals surface area contributed by atoms with Gasteiger partial charge < -0.3 is 19.5 Å². The molecule has 6 nitrogen and oxygen atoms in total. The highest BCUT2D eigenvalue weighted by atomic mass is 16.7. The molecule has 0 radical (unpaired) electrons. The number of ether oxygens (including phenoxy) is 3. The number of fused-ring (bicyclic) bond motifs is 2. The van der Waals surface area contributed by atoms with Gasteiger partial charge in [-0.2, -0.15) is 0 Å². The van der Waals surface area contributed by atoms with Crippen LogP contribution in [0, 0.1) is 5.41 Å². The lowest BCUT2D eigenvalue weighted by Gasteiger charge is -2.57. The molecule has 1 N–H and O–H groups in total. The molecule has 3 spiro atoms. The fraction of sp³-hybridized carbons (Fsp3) is 0.619. The average Bonchev–Trinajstić information content (AvgIpc) is 3.20. The average molecular weight is 370 g/mol. The lowest BCUT2D eigenvalue weighted by atomic mass is 9.47. The van der Waals surface area contributed by atoms with Crippen molar-refractivity contribution in [3.05, 3.63) is 30.1 Å². The molecule has 1 amide bonds. The van der Waals surface area contributed by atoms with E-state index in [-0.39, 0.29) is 17.1 Å². The molecule has 6 heteroatoms. The summed E-state index contributed by atoms with van der Waals surface area (Å²) in [5.74, 6) is 0.284. The van der Waals surface area contributed by atoms with Crippen molar-refractivity contribution in [2.24, 2.45) is 5.41 Å². The Balaban J connectivity index is 1.37. The number of anilines is 1. The standard InChI is InChI=1S/C21H26N2O4/c1-3-25-14(2)15-4-5-16-17(22-15)20(18(24)23-16)12-19(13-20)6-8-21(9-7-19)26-10-11-27-21/h4-5H,2-3,6-13H2,1H3,(H,23,24). The molecule has 27 heavy (non-hydrogen) atoms. The molecule has 2 aliphatic heterocycles. The van der Waals surface area contributed by atoms with Crippen LogP contribution in [0.2, 0.25) is 0 Å². The molecule has 0 atom stereocenters. The van der Waals surface area contributed by atoms with Gasteiger partial charge >= 0.3 is 0 Å². The van der Waals surface area contributed by atoms with Crippen LogP contribution in [-0.4, -0.2) is 36.5 Å². The predicted octanol–water partition coefficient (Wildman–Crippen LogP) is 3.38. The molecule has 5 rings (SSSR count). The Morgan fingerprint density at radius 3 is 2.59 bits per heavy atom. The van der Waals surface area contributed by atoms with E-state index in [2.05, 4.69) is 11.9 Å². The van der Waals surface area contributed by atoms with Gasteiger partial charge in [-0.1, -0.05) is 6.58 Å². The second kappa shape index (κ2) is 5.79. The number of carbonyl (C=O) groups is 1. The van der Waals surface area contributed by atoms with E-state index in [1.165, 1.54) is 0 Å². The fourth-order valence-electron chi connectivity index (χ4n) is 5.53. The van der Waals surface area contributed by atoms with Crippen molar-refractivity contribution < 1.29 is 19.0 Å². The van der Waals surface area contributed by atoms with Gasteiger partial charge in [0, 0.05) is 12.8 Å². The summed E-state index contributed by atoms with van der Waals surface area (Å²) in [5, 5.41) is 3.04. The summed E-state index contributed by atoms with van der Waals surface area (Å²) in [6.07, 6.45) is 5.64. The van der Waals surface area contributed by atoms with E-state index in [1.807, 2.05) is 19.1 Å². The van der Waals surface area contributed by atoms with Gasteiger partial charge in [0.15, 0.2) is 5.79 Å². The van der Waals surface area contributed by atoms with Crippen LogP contribution < -0.4 is 5.32 Å². The number of amides is 1. The molecular weight excluding hydrogens is 344 g/mol. The van der Waals surface area contributed by atoms with Crippen molar-refractivity contribution >= 4 is 17.4 Å². The number of carbonyl (C=O) groups excluding carboxylic acids is 1. The second-order valence-corrected chi connectivity index (χ2v) is 8.45. The van der Waals surface area contributed by atoms with Gasteiger partial charge in [0.25, 0.3) is 0 Å². The lowest BCUT2D eigenvalue weighted by molar-refractivity contribution is -0.204. The van der Waals surface area contributed by atoms with Crippen molar-refractivity contribution in [1.82, 2.24) is 4.98 Å². The highest BCUT2D eigenvalue weighted by Gasteiger charge is 2.65. The van der Waals surface area contributed by atoms with E-state index >= 15 is 0 Å². The quantitative estimate of drug-likeness (QED) is 0.826. The van der Waals surface area contributed by atoms with Gasteiger partial charge in [0.2, 0.25) is 5.91 Å². The lowest BCUT2D eigenvalue weighted by Crippen LogP contribution is -2.56. The molecule has 3 heterocycles. The number of aromatic nitrogens is 1. The Labute approximate surface area is 159 Å². The topological polar surface area (TPSA) is 69.7 Å². The maximum absolute atomic E-state index is 12.9. The smallest absolute Gasteiger partial charge is 0.236 e. The minimum Gasteiger partial charge on any atom is -0.492 e. The first-order valence-electron chi connectivity index (χ1n) is 9.93. The maximum Gasteiger partial charge on any atom is 0.236 e. The molecule has 144 valence electrons. The summed E-state index contributed by atoms with van der Waals surface area (Å²) in [5.41, 5.74) is 2.11. The van der Waals surface area contributed by atoms with Crippen molar-refractivity contribution in [3.8, 4) is 0 Å². The molecule has 3 fully saturated rings. The molecular formula is C21H26N2O4. The summed E-state index contributed by atoms with van der Waals surface area (Å²) in [7, 11) is 0. The number of nitrogens with one attached hydrogen (secondary N) is 1. The molecule has 4 aliphatic rings. The monoisotopic (exact) mass is 370 g/mol. The third-order valence-corrected chi connectivity index (χ3v) is 6.88. The van der Waals surface area contributed by atoms with E-state index < -0.39 is 5.41 Å². The van der Waals surface area contributed by atoms with Crippen LogP contribution in [0.5, 0.6) is 0 Å². The third kappa shape index (κ3) is 2.46. The highest BCUT2D eigenvalue weighted by Crippen LogP contribution is 2.65. The van der Waals surface area contributed by atoms with Crippen molar-refractivity contribution in [3.63, 3.8) is 0 Å². The SMILES string of the molecule is C=C(OCC)c1ccc2c(n1)C1(CC3(CCC4(CC3)OCCO4)C1)C(=O)N2. The Morgan fingerprint density at radius 2 is 1.93 bits per heavy atom. The van der Waals surface area contributed by atoms with Crippen LogP contribution in [0.4, 0.5) is 5.69 Å². The molecule has 0 bridgehead atoms. The van der Waals surface area contributed by atoms with Gasteiger partial charge in [0.05, 0.1) is 36.6 Å². The molecule has 1 saturated heterocycles. The van der Waals surface area contributed by atoms with Crippen molar-refractivity contribution in [2.45, 2.75) is 56.7 Å². The highest BCUT2D eigenvalue weighted by molar-refractivity contribution is 6.06. The van der Waals surface area contributed by atoms with Crippen LogP contribution in [0.3, 0.4) is 0 Å². The van der Waals surface area contributed by atoms with E-state index in [0.717, 1.165) is 49.9 Å². The summed E-state index contributed by atoms with van der Waals surface area (Å²) in [4.78, 5) is 17.7. The number of pyridine rings is 1. The molecule has 0 unspecified atom stereocenters. The minimum atomic E-state index is -0.500. The van der Waals surface area contributed by atoms with E-state index in [0.29, 0.717) is 31.3 Å². The number of nitrogens with zero attached hydrogens (tertiary/aromatic N) is 1. The van der Waals surface area contributed by atoms with Gasteiger partial charge in [0.1, 0.15) is 11.5 Å². The van der Waals surface area contributed by atoms with Gasteiger partial charge in [-0.3, -0.25) is 4.79 Å². The zero-order chi connectivity index (χ0) is 18.7. The van der Waals surface area contributed by atoms with E-state index in [4.69, 9.17) is 19.2 Å². The predicted molar refractivity (Wildman–Crippen MR) is 100.0 cm³/mol. The summed E-state index contributed by atoms with van der Waals surface area (Å²) in [6.45, 7) is 7.83. The molecule has 2 aliphatic carbocycles. The van der Waals surface area contributed by atoms with Crippen LogP contribution in [0.25, 0.3) is 5.76 Å². The first kappa shape index (κ1) is 17.2. The zero-order valence-corrected chi connectivity index (χ0v) is 15.8. The van der Waals surface area contributed by atoms with Crippen LogP contribution in [0.1, 0.15) is 56.8 Å². The van der Waals surface area contributed by atoms with E-state index in [9.17, 15) is 4.79 Å². The first-order chi connectivity index (χ1) is 13.0. The normalized spacial score (nSPS) is 26.0. The Hall–Kier alpha value is -1.92. The third-order valence-electron chi connectivity index (χ3n) is 6.88. The van der Waals surface area contributed by atoms with Gasteiger partial charge in [-0.15, -0.1) is 0 Å². The minimum absolute atomic E-state index is 0.0865. The molecule has 2 saturated carbocycles. The van der Waals surface area contributed by atoms with Crippen LogP contribution >= 0.6 is 0 Å². The number of hydrogen-bond donors (Lipinski definition) is 1. The first-order valence-corrected chi connectivity index (χ1v) is 9.93. The van der Waals surface area contributed by atoms with Gasteiger partial charge in [-0.25, -0.2) is 4.98 Å². The van der Waals surface area contributed by atoms with Crippen molar-refractivity contribution in [1.29, 1.82) is 0 Å². The maximum atomic E-state index is 12.9. The molecule has 0 aromatic carbocycles.